The van der Waals surface area contributed by atoms with Crippen molar-refractivity contribution < 1.29 is 9.53 Å². The second kappa shape index (κ2) is 6.26. The summed E-state index contributed by atoms with van der Waals surface area (Å²) in [7, 11) is 1.66. The number of nitrogens with one attached hydrogen (secondary N) is 1. The lowest BCUT2D eigenvalue weighted by Gasteiger charge is -2.12. The average molecular weight is 285 g/mol. The number of hydrogen-bond acceptors (Lipinski definition) is 3. The van der Waals surface area contributed by atoms with Gasteiger partial charge in [-0.1, -0.05) is 17.7 Å². The number of methoxy groups -OCH3 is 1. The van der Waals surface area contributed by atoms with Gasteiger partial charge < -0.3 is 15.8 Å². The molecule has 0 saturated heterocycles. The number of nitrogens with two attached hydrogens (primary N) is 1. The van der Waals surface area contributed by atoms with Crippen LogP contribution in [0.2, 0.25) is 0 Å². The zero-order valence-electron chi connectivity index (χ0n) is 11.4. The fourth-order valence-corrected chi connectivity index (χ4v) is 1.95. The maximum absolute atomic E-state index is 11.7. The second-order valence-electron chi connectivity index (χ2n) is 4.98. The molecular formula is C14H21ClN2O2. The first kappa shape index (κ1) is 15.8. The van der Waals surface area contributed by atoms with E-state index >= 15 is 0 Å². The third kappa shape index (κ3) is 3.85. The minimum absolute atomic E-state index is 0. The number of aryl methyl sites for hydroxylation is 1. The molecule has 0 unspecified atom stereocenters. The maximum Gasteiger partial charge on any atom is 0.240 e. The highest BCUT2D eigenvalue weighted by atomic mass is 35.5. The van der Waals surface area contributed by atoms with E-state index in [0.717, 1.165) is 30.6 Å². The SMILES string of the molecule is COc1ccc(C)cc1CCNC(=O)C1(N)CC1.Cl. The number of rotatable bonds is 5. The third-order valence-corrected chi connectivity index (χ3v) is 3.36. The zero-order chi connectivity index (χ0) is 13.2. The first-order valence-electron chi connectivity index (χ1n) is 6.26. The Morgan fingerprint density at radius 1 is 1.47 bits per heavy atom. The molecule has 4 nitrogen and oxygen atoms in total. The molecule has 0 radical (unpaired) electrons. The van der Waals surface area contributed by atoms with Crippen LogP contribution in [0.15, 0.2) is 18.2 Å². The fraction of sp³-hybridized carbons (Fsp3) is 0.500. The summed E-state index contributed by atoms with van der Waals surface area (Å²) in [6.07, 6.45) is 2.35. The van der Waals surface area contributed by atoms with Crippen LogP contribution in [0, 0.1) is 6.92 Å². The normalized spacial score (nSPS) is 15.3. The number of ether oxygens (including phenoxy) is 1. The molecule has 3 N–H and O–H groups in total. The number of benzene rings is 1. The van der Waals surface area contributed by atoms with Gasteiger partial charge in [0.05, 0.1) is 12.6 Å². The van der Waals surface area contributed by atoms with Crippen LogP contribution < -0.4 is 15.8 Å². The summed E-state index contributed by atoms with van der Waals surface area (Å²) in [6, 6.07) is 6.05. The molecule has 0 spiro atoms. The highest BCUT2D eigenvalue weighted by Crippen LogP contribution is 2.32. The van der Waals surface area contributed by atoms with Gasteiger partial charge in [-0.25, -0.2) is 0 Å². The van der Waals surface area contributed by atoms with E-state index in [2.05, 4.69) is 11.4 Å². The number of carbonyl (C=O) groups excluding carboxylic acids is 1. The summed E-state index contributed by atoms with van der Waals surface area (Å²) in [6.45, 7) is 2.64. The molecule has 0 aromatic heterocycles. The summed E-state index contributed by atoms with van der Waals surface area (Å²) in [4.78, 5) is 11.7. The zero-order valence-corrected chi connectivity index (χ0v) is 12.2. The Hall–Kier alpha value is -1.26. The van der Waals surface area contributed by atoms with Gasteiger partial charge >= 0.3 is 0 Å². The molecule has 106 valence electrons. The second-order valence-corrected chi connectivity index (χ2v) is 4.98. The Morgan fingerprint density at radius 3 is 2.74 bits per heavy atom. The number of carbonyl (C=O) groups is 1. The van der Waals surface area contributed by atoms with Crippen molar-refractivity contribution in [2.24, 2.45) is 5.73 Å². The molecule has 1 fully saturated rings. The van der Waals surface area contributed by atoms with E-state index in [4.69, 9.17) is 10.5 Å². The molecule has 1 aliphatic carbocycles. The summed E-state index contributed by atoms with van der Waals surface area (Å²) in [5.41, 5.74) is 7.53. The minimum atomic E-state index is -0.587. The molecule has 2 rings (SSSR count). The summed E-state index contributed by atoms with van der Waals surface area (Å²) in [5.74, 6) is 0.831. The van der Waals surface area contributed by atoms with E-state index in [1.807, 2.05) is 19.1 Å². The van der Waals surface area contributed by atoms with Crippen molar-refractivity contribution in [3.05, 3.63) is 29.3 Å². The molecule has 1 aromatic carbocycles. The van der Waals surface area contributed by atoms with Crippen molar-refractivity contribution >= 4 is 18.3 Å². The van der Waals surface area contributed by atoms with Crippen LogP contribution in [0.25, 0.3) is 0 Å². The van der Waals surface area contributed by atoms with Gasteiger partial charge in [-0.3, -0.25) is 4.79 Å². The Bertz CT molecular complexity index is 459. The van der Waals surface area contributed by atoms with Gasteiger partial charge in [0.15, 0.2) is 0 Å². The van der Waals surface area contributed by atoms with Crippen molar-refractivity contribution in [1.82, 2.24) is 5.32 Å². The molecular weight excluding hydrogens is 264 g/mol. The largest absolute Gasteiger partial charge is 0.496 e. The Labute approximate surface area is 120 Å². The van der Waals surface area contributed by atoms with Crippen LogP contribution in [0.1, 0.15) is 24.0 Å². The van der Waals surface area contributed by atoms with Gasteiger partial charge in [0.2, 0.25) is 5.91 Å². The summed E-state index contributed by atoms with van der Waals surface area (Å²) < 4.78 is 5.30. The lowest BCUT2D eigenvalue weighted by molar-refractivity contribution is -0.123. The molecule has 1 aromatic rings. The fourth-order valence-electron chi connectivity index (χ4n) is 1.95. The Balaban J connectivity index is 0.00000180. The van der Waals surface area contributed by atoms with Gasteiger partial charge in [0.25, 0.3) is 0 Å². The first-order valence-corrected chi connectivity index (χ1v) is 6.26. The topological polar surface area (TPSA) is 64.3 Å². The molecule has 1 saturated carbocycles. The van der Waals surface area contributed by atoms with Crippen LogP contribution in [0.5, 0.6) is 5.75 Å². The van der Waals surface area contributed by atoms with Crippen molar-refractivity contribution in [3.8, 4) is 5.75 Å². The van der Waals surface area contributed by atoms with E-state index in [1.54, 1.807) is 7.11 Å². The predicted octanol–water partition coefficient (Wildman–Crippen LogP) is 1.58. The van der Waals surface area contributed by atoms with Crippen LogP contribution in [0.4, 0.5) is 0 Å². The predicted molar refractivity (Wildman–Crippen MR) is 77.8 cm³/mol. The van der Waals surface area contributed by atoms with Gasteiger partial charge in [0, 0.05) is 6.54 Å². The molecule has 1 aliphatic rings. The van der Waals surface area contributed by atoms with Crippen LogP contribution >= 0.6 is 12.4 Å². The summed E-state index contributed by atoms with van der Waals surface area (Å²) >= 11 is 0. The average Bonchev–Trinajstić information content (AvgIpc) is 3.09. The van der Waals surface area contributed by atoms with E-state index in [9.17, 15) is 4.79 Å². The molecule has 0 heterocycles. The molecule has 0 bridgehead atoms. The highest BCUT2D eigenvalue weighted by molar-refractivity contribution is 5.88. The van der Waals surface area contributed by atoms with Crippen molar-refractivity contribution in [2.75, 3.05) is 13.7 Å². The van der Waals surface area contributed by atoms with E-state index in [1.165, 1.54) is 5.56 Å². The molecule has 0 aliphatic heterocycles. The smallest absolute Gasteiger partial charge is 0.240 e. The van der Waals surface area contributed by atoms with Gasteiger partial charge in [-0.15, -0.1) is 12.4 Å². The maximum atomic E-state index is 11.7. The van der Waals surface area contributed by atoms with E-state index in [-0.39, 0.29) is 18.3 Å². The molecule has 19 heavy (non-hydrogen) atoms. The molecule has 0 atom stereocenters. The van der Waals surface area contributed by atoms with Crippen molar-refractivity contribution in [2.45, 2.75) is 31.7 Å². The Morgan fingerprint density at radius 2 is 2.16 bits per heavy atom. The van der Waals surface area contributed by atoms with Crippen molar-refractivity contribution in [1.29, 1.82) is 0 Å². The van der Waals surface area contributed by atoms with Crippen LogP contribution in [0.3, 0.4) is 0 Å². The van der Waals surface area contributed by atoms with E-state index in [0.29, 0.717) is 6.54 Å². The summed E-state index contributed by atoms with van der Waals surface area (Å²) in [5, 5.41) is 2.88. The lowest BCUT2D eigenvalue weighted by Crippen LogP contribution is -2.43. The number of amides is 1. The molecule has 5 heteroatoms. The number of hydrogen-bond donors (Lipinski definition) is 2. The van der Waals surface area contributed by atoms with Gasteiger partial charge in [-0.2, -0.15) is 0 Å². The highest BCUT2D eigenvalue weighted by Gasteiger charge is 2.45. The molecule has 1 amide bonds. The van der Waals surface area contributed by atoms with Gasteiger partial charge in [-0.05, 0) is 37.8 Å². The third-order valence-electron chi connectivity index (χ3n) is 3.36. The monoisotopic (exact) mass is 284 g/mol. The van der Waals surface area contributed by atoms with Gasteiger partial charge in [0.1, 0.15) is 5.75 Å². The first-order chi connectivity index (χ1) is 8.55. The minimum Gasteiger partial charge on any atom is -0.496 e. The van der Waals surface area contributed by atoms with E-state index < -0.39 is 5.54 Å². The standard InChI is InChI=1S/C14H20N2O2.ClH/c1-10-3-4-12(18-2)11(9-10)5-8-16-13(17)14(15)6-7-14;/h3-4,9H,5-8,15H2,1-2H3,(H,16,17);1H. The van der Waals surface area contributed by atoms with Crippen LogP contribution in [-0.4, -0.2) is 25.1 Å². The van der Waals surface area contributed by atoms with Crippen LogP contribution in [-0.2, 0) is 11.2 Å². The Kier molecular flexibility index (Phi) is 5.20. The quantitative estimate of drug-likeness (QED) is 0.863. The lowest BCUT2D eigenvalue weighted by atomic mass is 10.1. The van der Waals surface area contributed by atoms with Crippen molar-refractivity contribution in [3.63, 3.8) is 0 Å². The number of halogens is 1.